The number of amides is 1. The van der Waals surface area contributed by atoms with Gasteiger partial charge in [0.15, 0.2) is 0 Å². The summed E-state index contributed by atoms with van der Waals surface area (Å²) in [4.78, 5) is 21.1. The summed E-state index contributed by atoms with van der Waals surface area (Å²) in [5, 5.41) is 2.96. The Morgan fingerprint density at radius 2 is 2.07 bits per heavy atom. The lowest BCUT2D eigenvalue weighted by atomic mass is 9.90. The van der Waals surface area contributed by atoms with Gasteiger partial charge in [0.2, 0.25) is 5.91 Å². The van der Waals surface area contributed by atoms with Gasteiger partial charge >= 0.3 is 0 Å². The van der Waals surface area contributed by atoms with Gasteiger partial charge in [-0.25, -0.2) is 4.98 Å². The summed E-state index contributed by atoms with van der Waals surface area (Å²) < 4.78 is 7.62. The Labute approximate surface area is 158 Å². The van der Waals surface area contributed by atoms with E-state index in [0.29, 0.717) is 24.8 Å². The highest BCUT2D eigenvalue weighted by Gasteiger charge is 2.31. The van der Waals surface area contributed by atoms with Gasteiger partial charge in [-0.1, -0.05) is 26.0 Å². The van der Waals surface area contributed by atoms with Crippen molar-refractivity contribution < 1.29 is 9.53 Å². The number of hydrogen-bond acceptors (Lipinski definition) is 4. The SMILES string of the molecule is CC(C)COc1ccc(C2CC(=O)Nc3c2ncn3-c2cccnc2)cc1. The van der Waals surface area contributed by atoms with Gasteiger partial charge in [-0.05, 0) is 35.7 Å². The topological polar surface area (TPSA) is 69.0 Å². The first kappa shape index (κ1) is 17.3. The minimum absolute atomic E-state index is 0.0155. The Bertz CT molecular complexity index is 933. The summed E-state index contributed by atoms with van der Waals surface area (Å²) in [6, 6.07) is 11.8. The van der Waals surface area contributed by atoms with Gasteiger partial charge in [0.25, 0.3) is 0 Å². The Kier molecular flexibility index (Phi) is 4.62. The highest BCUT2D eigenvalue weighted by molar-refractivity contribution is 5.94. The summed E-state index contributed by atoms with van der Waals surface area (Å²) in [5.41, 5.74) is 2.79. The largest absolute Gasteiger partial charge is 0.493 e. The predicted octanol–water partition coefficient (Wildman–Crippen LogP) is 3.78. The lowest BCUT2D eigenvalue weighted by molar-refractivity contribution is -0.116. The molecule has 0 saturated carbocycles. The Morgan fingerprint density at radius 1 is 1.26 bits per heavy atom. The summed E-state index contributed by atoms with van der Waals surface area (Å²) in [6.07, 6.45) is 5.58. The number of rotatable bonds is 5. The monoisotopic (exact) mass is 362 g/mol. The maximum absolute atomic E-state index is 12.3. The molecule has 0 radical (unpaired) electrons. The Balaban J connectivity index is 1.64. The van der Waals surface area contributed by atoms with Crippen molar-refractivity contribution in [2.75, 3.05) is 11.9 Å². The van der Waals surface area contributed by atoms with Crippen molar-refractivity contribution in [3.63, 3.8) is 0 Å². The predicted molar refractivity (Wildman–Crippen MR) is 103 cm³/mol. The van der Waals surface area contributed by atoms with Gasteiger partial charge in [-0.15, -0.1) is 0 Å². The van der Waals surface area contributed by atoms with Gasteiger partial charge in [0.05, 0.1) is 24.2 Å². The normalized spacial score (nSPS) is 16.1. The van der Waals surface area contributed by atoms with Crippen molar-refractivity contribution in [2.45, 2.75) is 26.2 Å². The van der Waals surface area contributed by atoms with Crippen LogP contribution in [0.3, 0.4) is 0 Å². The van der Waals surface area contributed by atoms with Crippen LogP contribution >= 0.6 is 0 Å². The molecular formula is C21H22N4O2. The summed E-state index contributed by atoms with van der Waals surface area (Å²) in [7, 11) is 0. The molecule has 1 aliphatic rings. The van der Waals surface area contributed by atoms with Crippen LogP contribution in [0.2, 0.25) is 0 Å². The zero-order valence-corrected chi connectivity index (χ0v) is 15.4. The summed E-state index contributed by atoms with van der Waals surface area (Å²) in [5.74, 6) is 1.94. The molecule has 6 nitrogen and oxygen atoms in total. The van der Waals surface area contributed by atoms with Gasteiger partial charge < -0.3 is 10.1 Å². The molecule has 3 heterocycles. The fourth-order valence-electron chi connectivity index (χ4n) is 3.23. The van der Waals surface area contributed by atoms with Crippen LogP contribution in [0, 0.1) is 5.92 Å². The maximum Gasteiger partial charge on any atom is 0.226 e. The second-order valence-electron chi connectivity index (χ2n) is 7.14. The van der Waals surface area contributed by atoms with Crippen LogP contribution < -0.4 is 10.1 Å². The third-order valence-corrected chi connectivity index (χ3v) is 4.56. The number of hydrogen-bond donors (Lipinski definition) is 1. The average Bonchev–Trinajstić information content (AvgIpc) is 3.10. The molecule has 4 rings (SSSR count). The Hall–Kier alpha value is -3.15. The molecule has 0 spiro atoms. The molecule has 6 heteroatoms. The molecule has 0 bridgehead atoms. The van der Waals surface area contributed by atoms with E-state index in [-0.39, 0.29) is 11.8 Å². The minimum Gasteiger partial charge on any atom is -0.493 e. The minimum atomic E-state index is -0.0779. The number of aromatic nitrogens is 3. The van der Waals surface area contributed by atoms with Crippen LogP contribution in [-0.2, 0) is 4.79 Å². The first-order valence-electron chi connectivity index (χ1n) is 9.12. The van der Waals surface area contributed by atoms with E-state index in [1.165, 1.54) is 0 Å². The lowest BCUT2D eigenvalue weighted by Crippen LogP contribution is -2.24. The third kappa shape index (κ3) is 3.56. The smallest absolute Gasteiger partial charge is 0.226 e. The number of carbonyl (C=O) groups is 1. The van der Waals surface area contributed by atoms with Crippen LogP contribution in [0.25, 0.3) is 5.69 Å². The summed E-state index contributed by atoms with van der Waals surface area (Å²) >= 11 is 0. The van der Waals surface area contributed by atoms with Crippen LogP contribution in [0.5, 0.6) is 5.75 Å². The molecule has 0 saturated heterocycles. The molecule has 1 N–H and O–H groups in total. The molecule has 1 amide bonds. The van der Waals surface area contributed by atoms with Crippen LogP contribution in [0.1, 0.15) is 37.4 Å². The van der Waals surface area contributed by atoms with Crippen molar-refractivity contribution in [3.05, 3.63) is 66.4 Å². The molecule has 1 aliphatic heterocycles. The molecule has 3 aromatic rings. The quantitative estimate of drug-likeness (QED) is 0.750. The summed E-state index contributed by atoms with van der Waals surface area (Å²) in [6.45, 7) is 4.93. The molecule has 0 aliphatic carbocycles. The number of nitrogens with zero attached hydrogens (tertiary/aromatic N) is 3. The van der Waals surface area contributed by atoms with Gasteiger partial charge in [-0.3, -0.25) is 14.3 Å². The number of benzene rings is 1. The molecule has 2 aromatic heterocycles. The highest BCUT2D eigenvalue weighted by Crippen LogP contribution is 2.37. The zero-order valence-electron chi connectivity index (χ0n) is 15.4. The molecule has 27 heavy (non-hydrogen) atoms. The Morgan fingerprint density at radius 3 is 2.78 bits per heavy atom. The number of nitrogens with one attached hydrogen (secondary N) is 1. The number of pyridine rings is 1. The molecule has 1 aromatic carbocycles. The van der Waals surface area contributed by atoms with E-state index in [2.05, 4.69) is 29.1 Å². The highest BCUT2D eigenvalue weighted by atomic mass is 16.5. The van der Waals surface area contributed by atoms with Crippen molar-refractivity contribution in [1.82, 2.24) is 14.5 Å². The number of ether oxygens (including phenoxy) is 1. The van der Waals surface area contributed by atoms with E-state index in [0.717, 1.165) is 22.7 Å². The number of fused-ring (bicyclic) bond motifs is 1. The average molecular weight is 362 g/mol. The number of carbonyl (C=O) groups excluding carboxylic acids is 1. The van der Waals surface area contributed by atoms with Crippen molar-refractivity contribution >= 4 is 11.7 Å². The van der Waals surface area contributed by atoms with Crippen LogP contribution in [-0.4, -0.2) is 27.0 Å². The van der Waals surface area contributed by atoms with Gasteiger partial charge in [0.1, 0.15) is 17.9 Å². The molecule has 1 unspecified atom stereocenters. The van der Waals surface area contributed by atoms with Crippen molar-refractivity contribution in [1.29, 1.82) is 0 Å². The molecular weight excluding hydrogens is 340 g/mol. The molecule has 0 fully saturated rings. The second kappa shape index (κ2) is 7.23. The fraction of sp³-hybridized carbons (Fsp3) is 0.286. The van der Waals surface area contributed by atoms with Crippen molar-refractivity contribution in [3.8, 4) is 11.4 Å². The number of anilines is 1. The van der Waals surface area contributed by atoms with E-state index in [4.69, 9.17) is 4.74 Å². The van der Waals surface area contributed by atoms with Crippen LogP contribution in [0.15, 0.2) is 55.1 Å². The first-order chi connectivity index (χ1) is 13.1. The van der Waals surface area contributed by atoms with E-state index in [1.807, 2.05) is 41.0 Å². The number of imidazole rings is 1. The first-order valence-corrected chi connectivity index (χ1v) is 9.12. The molecule has 138 valence electrons. The molecule has 1 atom stereocenters. The lowest BCUT2D eigenvalue weighted by Gasteiger charge is -2.23. The van der Waals surface area contributed by atoms with E-state index in [1.54, 1.807) is 18.7 Å². The standard InChI is InChI=1S/C21H22N4O2/c1-14(2)12-27-17-7-5-15(6-8-17)18-10-19(26)24-21-20(18)23-13-25(21)16-4-3-9-22-11-16/h3-9,11,13-14,18H,10,12H2,1-2H3,(H,24,26). The van der Waals surface area contributed by atoms with E-state index in [9.17, 15) is 4.79 Å². The van der Waals surface area contributed by atoms with Gasteiger partial charge in [-0.2, -0.15) is 0 Å². The van der Waals surface area contributed by atoms with E-state index >= 15 is 0 Å². The van der Waals surface area contributed by atoms with Crippen LogP contribution in [0.4, 0.5) is 5.82 Å². The maximum atomic E-state index is 12.3. The van der Waals surface area contributed by atoms with Gasteiger partial charge in [0, 0.05) is 18.5 Å². The second-order valence-corrected chi connectivity index (χ2v) is 7.14. The third-order valence-electron chi connectivity index (χ3n) is 4.56. The zero-order chi connectivity index (χ0) is 18.8. The van der Waals surface area contributed by atoms with E-state index < -0.39 is 0 Å². The fourth-order valence-corrected chi connectivity index (χ4v) is 3.23. The van der Waals surface area contributed by atoms with Crippen molar-refractivity contribution in [2.24, 2.45) is 5.92 Å².